The molecule has 2 nitrogen and oxygen atoms in total. The third kappa shape index (κ3) is 5.12. The van der Waals surface area contributed by atoms with Gasteiger partial charge >= 0.3 is 0 Å². The van der Waals surface area contributed by atoms with Gasteiger partial charge in [0.1, 0.15) is 0 Å². The van der Waals surface area contributed by atoms with Gasteiger partial charge in [-0.15, -0.1) is 0 Å². The fraction of sp³-hybridized carbons (Fsp3) is 0. The SMILES string of the molecule is C(=C\c1ccc(-c2ccc3c(c2)c2ccccc2n3-c2ccccc2)cc1)/c1ccc(-c2ccc3c(c2)c2ccccc2n3-c2ccccc2)cc1. The molecule has 0 radical (unpaired) electrons. The summed E-state index contributed by atoms with van der Waals surface area (Å²) in [6.45, 7) is 0. The van der Waals surface area contributed by atoms with Crippen molar-refractivity contribution in [2.45, 2.75) is 0 Å². The molecule has 8 aromatic carbocycles. The average molecular weight is 663 g/mol. The van der Waals surface area contributed by atoms with Crippen LogP contribution in [-0.4, -0.2) is 9.13 Å². The molecule has 10 rings (SSSR count). The predicted octanol–water partition coefficient (Wildman–Crippen LogP) is 13.4. The van der Waals surface area contributed by atoms with Crippen LogP contribution in [0.2, 0.25) is 0 Å². The van der Waals surface area contributed by atoms with Crippen LogP contribution in [-0.2, 0) is 0 Å². The maximum atomic E-state index is 2.36. The summed E-state index contributed by atoms with van der Waals surface area (Å²) >= 11 is 0. The highest BCUT2D eigenvalue weighted by Gasteiger charge is 2.14. The Labute approximate surface area is 302 Å². The predicted molar refractivity (Wildman–Crippen MR) is 221 cm³/mol. The van der Waals surface area contributed by atoms with Gasteiger partial charge in [0.25, 0.3) is 0 Å². The minimum absolute atomic E-state index is 1.18. The maximum Gasteiger partial charge on any atom is 0.0541 e. The fourth-order valence-corrected chi connectivity index (χ4v) is 7.78. The number of hydrogen-bond donors (Lipinski definition) is 0. The van der Waals surface area contributed by atoms with Crippen molar-refractivity contribution >= 4 is 55.8 Å². The fourth-order valence-electron chi connectivity index (χ4n) is 7.78. The molecule has 0 aliphatic carbocycles. The van der Waals surface area contributed by atoms with Crippen LogP contribution in [0.4, 0.5) is 0 Å². The highest BCUT2D eigenvalue weighted by atomic mass is 15.0. The van der Waals surface area contributed by atoms with Gasteiger partial charge < -0.3 is 9.13 Å². The van der Waals surface area contributed by atoms with E-state index in [9.17, 15) is 0 Å². The molecule has 0 amide bonds. The van der Waals surface area contributed by atoms with E-state index in [1.54, 1.807) is 0 Å². The Bertz CT molecular complexity index is 2710. The topological polar surface area (TPSA) is 9.86 Å². The number of rotatable bonds is 6. The third-order valence-corrected chi connectivity index (χ3v) is 10.3. The van der Waals surface area contributed by atoms with Crippen molar-refractivity contribution in [3.05, 3.63) is 205 Å². The Morgan fingerprint density at radius 2 is 0.615 bits per heavy atom. The summed E-state index contributed by atoms with van der Waals surface area (Å²) in [6.07, 6.45) is 4.39. The van der Waals surface area contributed by atoms with E-state index in [0.29, 0.717) is 0 Å². The molecule has 0 aliphatic heterocycles. The monoisotopic (exact) mass is 662 g/mol. The van der Waals surface area contributed by atoms with Gasteiger partial charge in [0.05, 0.1) is 22.1 Å². The molecule has 0 atom stereocenters. The van der Waals surface area contributed by atoms with Crippen LogP contribution in [0, 0.1) is 0 Å². The van der Waals surface area contributed by atoms with Crippen molar-refractivity contribution < 1.29 is 0 Å². The van der Waals surface area contributed by atoms with E-state index in [2.05, 4.69) is 215 Å². The van der Waals surface area contributed by atoms with Crippen LogP contribution in [0.1, 0.15) is 11.1 Å². The Morgan fingerprint density at radius 1 is 0.269 bits per heavy atom. The first-order valence-electron chi connectivity index (χ1n) is 17.8. The highest BCUT2D eigenvalue weighted by molar-refractivity contribution is 6.11. The van der Waals surface area contributed by atoms with Gasteiger partial charge in [-0.1, -0.05) is 146 Å². The van der Waals surface area contributed by atoms with Crippen molar-refractivity contribution in [3.63, 3.8) is 0 Å². The molecule has 0 aliphatic rings. The van der Waals surface area contributed by atoms with Crippen LogP contribution in [0.5, 0.6) is 0 Å². The summed E-state index contributed by atoms with van der Waals surface area (Å²) in [7, 11) is 0. The average Bonchev–Trinajstić information content (AvgIpc) is 3.73. The first-order valence-corrected chi connectivity index (χ1v) is 17.8. The van der Waals surface area contributed by atoms with E-state index in [1.807, 2.05) is 0 Å². The molecule has 10 aromatic rings. The Kier molecular flexibility index (Phi) is 7.18. The lowest BCUT2D eigenvalue weighted by molar-refractivity contribution is 1.18. The van der Waals surface area contributed by atoms with Gasteiger partial charge in [0.15, 0.2) is 0 Å². The number of hydrogen-bond acceptors (Lipinski definition) is 0. The second-order valence-electron chi connectivity index (χ2n) is 13.4. The largest absolute Gasteiger partial charge is 0.309 e. The third-order valence-electron chi connectivity index (χ3n) is 10.3. The molecule has 0 fully saturated rings. The summed E-state index contributed by atoms with van der Waals surface area (Å²) in [5.74, 6) is 0. The molecular formula is C50H34N2. The Balaban J connectivity index is 0.906. The van der Waals surface area contributed by atoms with Gasteiger partial charge in [-0.25, -0.2) is 0 Å². The smallest absolute Gasteiger partial charge is 0.0541 e. The van der Waals surface area contributed by atoms with E-state index in [4.69, 9.17) is 0 Å². The maximum absolute atomic E-state index is 2.36. The number of nitrogens with zero attached hydrogens (tertiary/aromatic N) is 2. The minimum Gasteiger partial charge on any atom is -0.309 e. The summed E-state index contributed by atoms with van der Waals surface area (Å²) in [5.41, 5.74) is 14.5. The molecule has 244 valence electrons. The van der Waals surface area contributed by atoms with Crippen LogP contribution in [0.15, 0.2) is 194 Å². The van der Waals surface area contributed by atoms with Gasteiger partial charge in [0, 0.05) is 32.9 Å². The zero-order chi connectivity index (χ0) is 34.4. The summed E-state index contributed by atoms with van der Waals surface area (Å²) in [6, 6.07) is 70.0. The van der Waals surface area contributed by atoms with Crippen LogP contribution in [0.25, 0.3) is 89.4 Å². The number of para-hydroxylation sites is 4. The number of aromatic nitrogens is 2. The molecule has 2 heteroatoms. The molecule has 0 N–H and O–H groups in total. The first-order chi connectivity index (χ1) is 25.8. The van der Waals surface area contributed by atoms with Gasteiger partial charge in [0.2, 0.25) is 0 Å². The van der Waals surface area contributed by atoms with Crippen LogP contribution in [0.3, 0.4) is 0 Å². The van der Waals surface area contributed by atoms with Crippen molar-refractivity contribution in [2.24, 2.45) is 0 Å². The zero-order valence-corrected chi connectivity index (χ0v) is 28.5. The van der Waals surface area contributed by atoms with Gasteiger partial charge in [-0.05, 0) is 94.0 Å². The molecule has 52 heavy (non-hydrogen) atoms. The second-order valence-corrected chi connectivity index (χ2v) is 13.4. The standard InChI is InChI=1S/C50H34N2/c1-3-11-41(12-4-1)51-47-17-9-7-15-43(47)45-33-39(29-31-49(45)51)37-25-21-35(22-26-37)19-20-36-23-27-38(28-24-36)40-30-32-50-46(34-40)44-16-8-10-18-48(44)52(50)42-13-5-2-6-14-42/h1-34H/b20-19+. The van der Waals surface area contributed by atoms with E-state index >= 15 is 0 Å². The van der Waals surface area contributed by atoms with Gasteiger partial charge in [-0.2, -0.15) is 0 Å². The van der Waals surface area contributed by atoms with E-state index in [-0.39, 0.29) is 0 Å². The molecule has 0 bridgehead atoms. The Morgan fingerprint density at radius 3 is 1.04 bits per heavy atom. The van der Waals surface area contributed by atoms with E-state index in [0.717, 1.165) is 0 Å². The minimum atomic E-state index is 1.18. The van der Waals surface area contributed by atoms with Crippen LogP contribution < -0.4 is 0 Å². The molecule has 0 unspecified atom stereocenters. The van der Waals surface area contributed by atoms with E-state index in [1.165, 1.54) is 88.4 Å². The van der Waals surface area contributed by atoms with Crippen molar-refractivity contribution in [2.75, 3.05) is 0 Å². The van der Waals surface area contributed by atoms with Crippen molar-refractivity contribution in [1.29, 1.82) is 0 Å². The van der Waals surface area contributed by atoms with Crippen molar-refractivity contribution in [3.8, 4) is 33.6 Å². The molecule has 2 heterocycles. The lowest BCUT2D eigenvalue weighted by atomic mass is 10.00. The molecule has 0 spiro atoms. The molecule has 2 aromatic heterocycles. The molecular weight excluding hydrogens is 629 g/mol. The molecule has 0 saturated heterocycles. The summed E-state index contributed by atoms with van der Waals surface area (Å²) in [4.78, 5) is 0. The molecule has 0 saturated carbocycles. The van der Waals surface area contributed by atoms with Gasteiger partial charge in [-0.3, -0.25) is 0 Å². The Hall–Kier alpha value is -6.90. The first kappa shape index (κ1) is 30.0. The summed E-state index contributed by atoms with van der Waals surface area (Å²) < 4.78 is 4.72. The number of fused-ring (bicyclic) bond motifs is 6. The lowest BCUT2D eigenvalue weighted by Crippen LogP contribution is -1.92. The second kappa shape index (κ2) is 12.5. The summed E-state index contributed by atoms with van der Waals surface area (Å²) in [5, 5.41) is 5.07. The van der Waals surface area contributed by atoms with E-state index < -0.39 is 0 Å². The lowest BCUT2D eigenvalue weighted by Gasteiger charge is -2.08. The number of benzene rings is 8. The quantitative estimate of drug-likeness (QED) is 0.157. The zero-order valence-electron chi connectivity index (χ0n) is 28.5. The highest BCUT2D eigenvalue weighted by Crippen LogP contribution is 2.36. The van der Waals surface area contributed by atoms with Crippen LogP contribution >= 0.6 is 0 Å². The normalized spacial score (nSPS) is 11.8. The van der Waals surface area contributed by atoms with Crippen molar-refractivity contribution in [1.82, 2.24) is 9.13 Å².